The van der Waals surface area contributed by atoms with Crippen LogP contribution in [0.25, 0.3) is 4.85 Å². The van der Waals surface area contributed by atoms with Gasteiger partial charge in [0.2, 0.25) is 6.54 Å². The number of nitrogens with two attached hydrogens (primary N) is 1. The van der Waals surface area contributed by atoms with Gasteiger partial charge in [0.25, 0.3) is 5.69 Å². The highest BCUT2D eigenvalue weighted by Crippen LogP contribution is 2.12. The van der Waals surface area contributed by atoms with Crippen molar-refractivity contribution < 1.29 is 4.92 Å². The second-order valence-corrected chi connectivity index (χ2v) is 3.23. The summed E-state index contributed by atoms with van der Waals surface area (Å²) in [6, 6.07) is 6.02. The van der Waals surface area contributed by atoms with Gasteiger partial charge in [-0.1, -0.05) is 12.1 Å². The molecule has 0 bridgehead atoms. The van der Waals surface area contributed by atoms with Gasteiger partial charge in [0.05, 0.1) is 11.0 Å². The van der Waals surface area contributed by atoms with Crippen LogP contribution >= 0.6 is 0 Å². The monoisotopic (exact) mass is 205 g/mol. The average molecular weight is 205 g/mol. The van der Waals surface area contributed by atoms with Crippen LogP contribution < -0.4 is 5.73 Å². The zero-order valence-corrected chi connectivity index (χ0v) is 8.09. The first-order valence-corrected chi connectivity index (χ1v) is 4.45. The van der Waals surface area contributed by atoms with Crippen molar-refractivity contribution in [2.75, 3.05) is 6.54 Å². The van der Waals surface area contributed by atoms with Crippen LogP contribution in [0.4, 0.5) is 5.69 Å². The minimum Gasteiger partial charge on any atom is -0.321 e. The van der Waals surface area contributed by atoms with Gasteiger partial charge >= 0.3 is 0 Å². The van der Waals surface area contributed by atoms with E-state index in [4.69, 9.17) is 12.3 Å². The van der Waals surface area contributed by atoms with Crippen molar-refractivity contribution >= 4 is 5.69 Å². The summed E-state index contributed by atoms with van der Waals surface area (Å²) in [6.45, 7) is 6.92. The highest BCUT2D eigenvalue weighted by atomic mass is 16.6. The fourth-order valence-corrected chi connectivity index (χ4v) is 1.24. The number of hydrogen-bond donors (Lipinski definition) is 1. The van der Waals surface area contributed by atoms with Gasteiger partial charge < -0.3 is 10.6 Å². The van der Waals surface area contributed by atoms with Crippen molar-refractivity contribution in [2.24, 2.45) is 5.73 Å². The van der Waals surface area contributed by atoms with Crippen LogP contribution in [0.2, 0.25) is 0 Å². The van der Waals surface area contributed by atoms with Gasteiger partial charge in [0, 0.05) is 12.1 Å². The van der Waals surface area contributed by atoms with Gasteiger partial charge in [0.1, 0.15) is 0 Å². The number of nitrogens with zero attached hydrogens (tertiary/aromatic N) is 2. The van der Waals surface area contributed by atoms with E-state index in [0.717, 1.165) is 5.56 Å². The molecule has 0 fully saturated rings. The molecule has 1 atom stereocenters. The molecule has 0 radical (unpaired) electrons. The number of rotatable bonds is 4. The van der Waals surface area contributed by atoms with Crippen LogP contribution in [0.3, 0.4) is 0 Å². The van der Waals surface area contributed by atoms with E-state index in [-0.39, 0.29) is 18.3 Å². The van der Waals surface area contributed by atoms with Crippen molar-refractivity contribution in [2.45, 2.75) is 12.5 Å². The van der Waals surface area contributed by atoms with Gasteiger partial charge in [0.15, 0.2) is 0 Å². The molecule has 2 N–H and O–H groups in total. The molecule has 0 amide bonds. The first-order valence-electron chi connectivity index (χ1n) is 4.45. The lowest BCUT2D eigenvalue weighted by Gasteiger charge is -2.04. The maximum absolute atomic E-state index is 10.4. The molecule has 1 unspecified atom stereocenters. The van der Waals surface area contributed by atoms with E-state index in [1.807, 2.05) is 0 Å². The summed E-state index contributed by atoms with van der Waals surface area (Å²) in [7, 11) is 0. The van der Waals surface area contributed by atoms with Crippen LogP contribution in [0.1, 0.15) is 5.56 Å². The molecule has 0 aliphatic carbocycles. The molecule has 0 aromatic heterocycles. The second kappa shape index (κ2) is 5.08. The van der Waals surface area contributed by atoms with E-state index in [2.05, 4.69) is 4.85 Å². The molecule has 5 nitrogen and oxygen atoms in total. The van der Waals surface area contributed by atoms with Crippen LogP contribution in [-0.2, 0) is 6.42 Å². The lowest BCUT2D eigenvalue weighted by Crippen LogP contribution is -2.25. The fraction of sp³-hybridized carbons (Fsp3) is 0.300. The third-order valence-electron chi connectivity index (χ3n) is 1.97. The zero-order valence-electron chi connectivity index (χ0n) is 8.09. The third kappa shape index (κ3) is 3.37. The van der Waals surface area contributed by atoms with Crippen LogP contribution in [0.5, 0.6) is 0 Å². The largest absolute Gasteiger partial charge is 0.321 e. The summed E-state index contributed by atoms with van der Waals surface area (Å²) in [5.41, 5.74) is 6.65. The van der Waals surface area contributed by atoms with Gasteiger partial charge in [-0.05, 0) is 12.0 Å². The molecule has 1 rings (SSSR count). The summed E-state index contributed by atoms with van der Waals surface area (Å²) in [5, 5.41) is 10.4. The Morgan fingerprint density at radius 2 is 2.07 bits per heavy atom. The van der Waals surface area contributed by atoms with Crippen molar-refractivity contribution in [3.05, 3.63) is 51.4 Å². The SMILES string of the molecule is [C-]#[N+]CC(N)Cc1ccc([N+](=O)[O-])cc1. The van der Waals surface area contributed by atoms with Crippen molar-refractivity contribution in [3.8, 4) is 0 Å². The Labute approximate surface area is 87.5 Å². The minimum absolute atomic E-state index is 0.0671. The molecule has 78 valence electrons. The normalized spacial score (nSPS) is 11.7. The molecule has 0 aliphatic heterocycles. The number of non-ortho nitro benzene ring substituents is 1. The van der Waals surface area contributed by atoms with Crippen molar-refractivity contribution in [3.63, 3.8) is 0 Å². The van der Waals surface area contributed by atoms with Crippen molar-refractivity contribution in [1.82, 2.24) is 0 Å². The lowest BCUT2D eigenvalue weighted by molar-refractivity contribution is -0.384. The molecular formula is C10H11N3O2. The predicted molar refractivity (Wildman–Crippen MR) is 56.2 cm³/mol. The first-order chi connectivity index (χ1) is 7.13. The highest BCUT2D eigenvalue weighted by Gasteiger charge is 2.08. The van der Waals surface area contributed by atoms with E-state index in [1.165, 1.54) is 12.1 Å². The van der Waals surface area contributed by atoms with Crippen LogP contribution in [0.15, 0.2) is 24.3 Å². The highest BCUT2D eigenvalue weighted by molar-refractivity contribution is 5.33. The van der Waals surface area contributed by atoms with E-state index in [0.29, 0.717) is 6.42 Å². The van der Waals surface area contributed by atoms with Crippen molar-refractivity contribution in [1.29, 1.82) is 0 Å². The molecule has 5 heteroatoms. The second-order valence-electron chi connectivity index (χ2n) is 3.23. The summed E-state index contributed by atoms with van der Waals surface area (Å²) in [6.07, 6.45) is 0.570. The number of nitro benzene ring substituents is 1. The summed E-state index contributed by atoms with van der Waals surface area (Å²) >= 11 is 0. The first kappa shape index (κ1) is 11.1. The van der Waals surface area contributed by atoms with Crippen LogP contribution in [-0.4, -0.2) is 17.5 Å². The van der Waals surface area contributed by atoms with Gasteiger partial charge in [-0.3, -0.25) is 10.1 Å². The molecule has 0 spiro atoms. The molecule has 1 aromatic rings. The Morgan fingerprint density at radius 1 is 1.47 bits per heavy atom. The summed E-state index contributed by atoms with van der Waals surface area (Å²) < 4.78 is 0. The summed E-state index contributed by atoms with van der Waals surface area (Å²) in [4.78, 5) is 13.1. The van der Waals surface area contributed by atoms with Gasteiger partial charge in [-0.25, -0.2) is 6.57 Å². The van der Waals surface area contributed by atoms with E-state index < -0.39 is 4.92 Å². The lowest BCUT2D eigenvalue weighted by atomic mass is 10.1. The number of benzene rings is 1. The smallest absolute Gasteiger partial charge is 0.269 e. The molecule has 1 aromatic carbocycles. The molecule has 0 aliphatic rings. The maximum atomic E-state index is 10.4. The summed E-state index contributed by atoms with van der Waals surface area (Å²) in [5.74, 6) is 0. The number of hydrogen-bond acceptors (Lipinski definition) is 3. The fourth-order valence-electron chi connectivity index (χ4n) is 1.24. The Balaban J connectivity index is 2.65. The molecule has 0 saturated heterocycles. The molecule has 0 saturated carbocycles. The Hall–Kier alpha value is -1.93. The average Bonchev–Trinajstić information content (AvgIpc) is 2.18. The standard InChI is InChI=1S/C10H11N3O2/c1-12-7-9(11)6-8-2-4-10(5-3-8)13(14)15/h2-5,9H,6-7,11H2. The maximum Gasteiger partial charge on any atom is 0.269 e. The van der Waals surface area contributed by atoms with Crippen LogP contribution in [0, 0.1) is 16.7 Å². The Kier molecular flexibility index (Phi) is 3.77. The molecule has 0 heterocycles. The third-order valence-corrected chi connectivity index (χ3v) is 1.97. The zero-order chi connectivity index (χ0) is 11.3. The minimum atomic E-state index is -0.442. The Morgan fingerprint density at radius 3 is 2.53 bits per heavy atom. The predicted octanol–water partition coefficient (Wildman–Crippen LogP) is 1.38. The number of nitro groups is 1. The quantitative estimate of drug-likeness (QED) is 0.458. The molecular weight excluding hydrogens is 194 g/mol. The topological polar surface area (TPSA) is 73.5 Å². The van der Waals surface area contributed by atoms with Gasteiger partial charge in [-0.15, -0.1) is 0 Å². The molecule has 15 heavy (non-hydrogen) atoms. The Bertz CT molecular complexity index is 381. The van der Waals surface area contributed by atoms with E-state index in [1.54, 1.807) is 12.1 Å². The van der Waals surface area contributed by atoms with Gasteiger partial charge in [-0.2, -0.15) is 0 Å². The van der Waals surface area contributed by atoms with E-state index >= 15 is 0 Å². The van der Waals surface area contributed by atoms with E-state index in [9.17, 15) is 10.1 Å².